The molecule has 1 aromatic heterocycles. The molecule has 1 N–H and O–H groups in total. The summed E-state index contributed by atoms with van der Waals surface area (Å²) in [5.74, 6) is -0.309. The summed E-state index contributed by atoms with van der Waals surface area (Å²) in [7, 11) is 1.76. The smallest absolute Gasteiger partial charge is 0.130 e. The average Bonchev–Trinajstić information content (AvgIpc) is 2.56. The van der Waals surface area contributed by atoms with Crippen LogP contribution in [0.3, 0.4) is 0 Å². The first kappa shape index (κ1) is 14.7. The van der Waals surface area contributed by atoms with Gasteiger partial charge in [0.15, 0.2) is 0 Å². The molecule has 2 aromatic rings. The summed E-state index contributed by atoms with van der Waals surface area (Å²) < 4.78 is 15.3. The van der Waals surface area contributed by atoms with Crippen LogP contribution in [0.1, 0.15) is 22.9 Å². The molecule has 1 aromatic carbocycles. The third kappa shape index (κ3) is 3.09. The Morgan fingerprint density at radius 3 is 2.74 bits per heavy atom. The number of nitrogens with zero attached hydrogens (tertiary/aromatic N) is 2. The van der Waals surface area contributed by atoms with Crippen LogP contribution >= 0.6 is 34.2 Å². The lowest BCUT2D eigenvalue weighted by atomic mass is 10.0. The van der Waals surface area contributed by atoms with Crippen LogP contribution in [-0.2, 0) is 13.5 Å². The molecule has 3 nitrogen and oxygen atoms in total. The highest BCUT2D eigenvalue weighted by Crippen LogP contribution is 2.28. The van der Waals surface area contributed by atoms with Gasteiger partial charge in [0, 0.05) is 22.6 Å². The molecule has 1 atom stereocenters. The van der Waals surface area contributed by atoms with Crippen LogP contribution in [0.15, 0.2) is 18.2 Å². The molecule has 0 spiro atoms. The van der Waals surface area contributed by atoms with Crippen LogP contribution in [0, 0.1) is 16.3 Å². The Kier molecular flexibility index (Phi) is 4.47. The number of aryl methyl sites for hydroxylation is 2. The number of hydrogen-bond donors (Lipinski definition) is 1. The van der Waals surface area contributed by atoms with Gasteiger partial charge in [-0.1, -0.05) is 17.7 Å². The summed E-state index contributed by atoms with van der Waals surface area (Å²) in [6, 6.07) is 4.34. The number of aliphatic hydroxyl groups is 1. The van der Waals surface area contributed by atoms with E-state index in [0.717, 1.165) is 11.3 Å². The van der Waals surface area contributed by atoms with E-state index >= 15 is 0 Å². The van der Waals surface area contributed by atoms with Crippen molar-refractivity contribution in [3.8, 4) is 0 Å². The largest absolute Gasteiger partial charge is 0.388 e. The van der Waals surface area contributed by atoms with E-state index in [4.69, 9.17) is 11.6 Å². The van der Waals surface area contributed by atoms with Gasteiger partial charge in [-0.2, -0.15) is 5.10 Å². The van der Waals surface area contributed by atoms with Crippen molar-refractivity contribution in [2.45, 2.75) is 19.4 Å². The van der Waals surface area contributed by atoms with Gasteiger partial charge in [0.2, 0.25) is 0 Å². The lowest BCUT2D eigenvalue weighted by Gasteiger charge is -2.13. The van der Waals surface area contributed by atoms with Gasteiger partial charge in [0.25, 0.3) is 0 Å². The molecule has 2 rings (SSSR count). The Hall–Kier alpha value is -0.660. The van der Waals surface area contributed by atoms with Gasteiger partial charge < -0.3 is 5.11 Å². The lowest BCUT2D eigenvalue weighted by Crippen LogP contribution is -2.05. The Morgan fingerprint density at radius 1 is 1.53 bits per heavy atom. The van der Waals surface area contributed by atoms with E-state index in [1.165, 1.54) is 12.1 Å². The van der Waals surface area contributed by atoms with Crippen LogP contribution < -0.4 is 0 Å². The molecule has 0 amide bonds. The van der Waals surface area contributed by atoms with E-state index in [0.29, 0.717) is 20.7 Å². The normalized spacial score (nSPS) is 12.7. The maximum Gasteiger partial charge on any atom is 0.130 e. The molecule has 102 valence electrons. The minimum atomic E-state index is -0.729. The molecule has 0 aliphatic heterocycles. The summed E-state index contributed by atoms with van der Waals surface area (Å²) in [6.07, 6.45) is -0.368. The highest BCUT2D eigenvalue weighted by molar-refractivity contribution is 14.1. The van der Waals surface area contributed by atoms with Crippen molar-refractivity contribution in [3.63, 3.8) is 0 Å². The van der Waals surface area contributed by atoms with Gasteiger partial charge in [0.1, 0.15) is 11.0 Å². The van der Waals surface area contributed by atoms with Gasteiger partial charge in [-0.15, -0.1) is 0 Å². The highest BCUT2D eigenvalue weighted by Gasteiger charge is 2.18. The summed E-state index contributed by atoms with van der Waals surface area (Å²) in [5.41, 5.74) is 2.31. The maximum absolute atomic E-state index is 13.0. The fraction of sp³-hybridized carbons (Fsp3) is 0.308. The molecular weight excluding hydrogens is 382 g/mol. The molecule has 0 fully saturated rings. The molecule has 0 bridgehead atoms. The monoisotopic (exact) mass is 394 g/mol. The molecule has 1 unspecified atom stereocenters. The highest BCUT2D eigenvalue weighted by atomic mass is 127. The molecule has 0 aliphatic rings. The first-order valence-corrected chi connectivity index (χ1v) is 7.16. The van der Waals surface area contributed by atoms with Gasteiger partial charge in [0.05, 0.1) is 11.8 Å². The van der Waals surface area contributed by atoms with Crippen molar-refractivity contribution in [2.75, 3.05) is 0 Å². The van der Waals surface area contributed by atoms with E-state index in [2.05, 4.69) is 5.10 Å². The first-order valence-electron chi connectivity index (χ1n) is 5.71. The van der Waals surface area contributed by atoms with E-state index in [-0.39, 0.29) is 5.82 Å². The maximum atomic E-state index is 13.0. The Balaban J connectivity index is 2.28. The Bertz CT molecular complexity index is 615. The van der Waals surface area contributed by atoms with Gasteiger partial charge >= 0.3 is 0 Å². The third-order valence-electron chi connectivity index (χ3n) is 2.99. The van der Waals surface area contributed by atoms with Crippen LogP contribution in [0.25, 0.3) is 0 Å². The van der Waals surface area contributed by atoms with Gasteiger partial charge in [-0.05, 0) is 47.2 Å². The quantitative estimate of drug-likeness (QED) is 0.810. The average molecular weight is 395 g/mol. The zero-order valence-corrected chi connectivity index (χ0v) is 13.4. The van der Waals surface area contributed by atoms with Crippen molar-refractivity contribution >= 4 is 34.2 Å². The molecule has 6 heteroatoms. The molecule has 1 heterocycles. The Morgan fingerprint density at radius 2 is 2.21 bits per heavy atom. The summed E-state index contributed by atoms with van der Waals surface area (Å²) in [6.45, 7) is 1.85. The summed E-state index contributed by atoms with van der Waals surface area (Å²) in [5, 5.41) is 15.0. The second kappa shape index (κ2) is 5.76. The van der Waals surface area contributed by atoms with Crippen molar-refractivity contribution in [1.29, 1.82) is 0 Å². The number of rotatable bonds is 3. The molecule has 0 saturated heterocycles. The van der Waals surface area contributed by atoms with E-state index in [1.807, 2.05) is 29.5 Å². The predicted octanol–water partition coefficient (Wildman–Crippen LogP) is 3.40. The summed E-state index contributed by atoms with van der Waals surface area (Å²) in [4.78, 5) is 0. The Labute approximate surface area is 129 Å². The van der Waals surface area contributed by atoms with Crippen molar-refractivity contribution in [1.82, 2.24) is 9.78 Å². The number of aliphatic hydroxyl groups excluding tert-OH is 1. The molecule has 0 saturated carbocycles. The van der Waals surface area contributed by atoms with Crippen LogP contribution in [-0.4, -0.2) is 14.9 Å². The minimum absolute atomic E-state index is 0.309. The molecule has 0 aliphatic carbocycles. The standard InChI is InChI=1S/C13H13ClFIN2O/c1-7-10(13(14)18(2)17-7)6-12(19)9-4-3-8(15)5-11(9)16/h3-5,12,19H,6H2,1-2H3. The molecule has 0 radical (unpaired) electrons. The predicted molar refractivity (Wildman–Crippen MR) is 80.7 cm³/mol. The SMILES string of the molecule is Cc1nn(C)c(Cl)c1CC(O)c1ccc(F)cc1I. The van der Waals surface area contributed by atoms with Crippen molar-refractivity contribution < 1.29 is 9.50 Å². The third-order valence-corrected chi connectivity index (χ3v) is 4.40. The lowest BCUT2D eigenvalue weighted by molar-refractivity contribution is 0.177. The van der Waals surface area contributed by atoms with Gasteiger partial charge in [-0.3, -0.25) is 4.68 Å². The van der Waals surface area contributed by atoms with E-state index in [1.54, 1.807) is 17.8 Å². The second-order valence-corrected chi connectivity index (χ2v) is 5.88. The fourth-order valence-electron chi connectivity index (χ4n) is 1.98. The second-order valence-electron chi connectivity index (χ2n) is 4.36. The fourth-order valence-corrected chi connectivity index (χ4v) is 3.07. The van der Waals surface area contributed by atoms with Crippen molar-refractivity contribution in [2.24, 2.45) is 7.05 Å². The molecule has 19 heavy (non-hydrogen) atoms. The van der Waals surface area contributed by atoms with E-state index < -0.39 is 6.10 Å². The number of aromatic nitrogens is 2. The minimum Gasteiger partial charge on any atom is -0.388 e. The van der Waals surface area contributed by atoms with Crippen molar-refractivity contribution in [3.05, 3.63) is 49.6 Å². The van der Waals surface area contributed by atoms with Crippen LogP contribution in [0.5, 0.6) is 0 Å². The van der Waals surface area contributed by atoms with Crippen LogP contribution in [0.4, 0.5) is 4.39 Å². The molecular formula is C13H13ClFIN2O. The zero-order chi connectivity index (χ0) is 14.2. The number of benzene rings is 1. The number of halogens is 3. The number of hydrogen-bond acceptors (Lipinski definition) is 2. The topological polar surface area (TPSA) is 38.0 Å². The van der Waals surface area contributed by atoms with E-state index in [9.17, 15) is 9.50 Å². The summed E-state index contributed by atoms with van der Waals surface area (Å²) >= 11 is 8.15. The first-order chi connectivity index (χ1) is 8.90. The zero-order valence-electron chi connectivity index (χ0n) is 10.5. The van der Waals surface area contributed by atoms with Crippen LogP contribution in [0.2, 0.25) is 5.15 Å². The van der Waals surface area contributed by atoms with Gasteiger partial charge in [-0.25, -0.2) is 4.39 Å².